The van der Waals surface area contributed by atoms with E-state index in [4.69, 9.17) is 0 Å². The molecule has 540 valence electrons. The number of nitrogens with zero attached hydrogens (tertiary/aromatic N) is 2. The van der Waals surface area contributed by atoms with Gasteiger partial charge in [0.25, 0.3) is 0 Å². The van der Waals surface area contributed by atoms with Gasteiger partial charge < -0.3 is 0 Å². The van der Waals surface area contributed by atoms with Crippen molar-refractivity contribution in [2.24, 2.45) is 0 Å². The van der Waals surface area contributed by atoms with E-state index < -0.39 is 0 Å². The summed E-state index contributed by atoms with van der Waals surface area (Å²) in [7, 11) is 0. The Morgan fingerprint density at radius 3 is 1.07 bits per heavy atom. The zero-order chi connectivity index (χ0) is 76.2. The molecule has 0 saturated heterocycles. The zero-order valence-corrected chi connectivity index (χ0v) is 66.9. The fourth-order valence-corrected chi connectivity index (χ4v) is 23.4. The molecule has 0 radical (unpaired) electrons. The van der Waals surface area contributed by atoms with Gasteiger partial charge >= 0.3 is 607 Å². The van der Waals surface area contributed by atoms with Gasteiger partial charge in [-0.3, -0.25) is 0 Å². The van der Waals surface area contributed by atoms with Crippen LogP contribution < -0.4 is 0 Å². The Kier molecular flexibility index (Phi) is 16.7. The molecule has 0 amide bonds. The molecule has 4 heterocycles. The van der Waals surface area contributed by atoms with Crippen LogP contribution in [0.4, 0.5) is 0 Å². The molecule has 2 nitrogen and oxygen atoms in total. The average Bonchev–Trinajstić information content (AvgIpc) is 1.56. The molecule has 0 aliphatic heterocycles. The van der Waals surface area contributed by atoms with Gasteiger partial charge in [-0.15, -0.1) is 0 Å². The number of hydrogen-bond donors (Lipinski definition) is 0. The summed E-state index contributed by atoms with van der Waals surface area (Å²) in [6.07, 6.45) is 0. The average molecular weight is 1590 g/mol. The Hall–Kier alpha value is -13.4. The molecule has 1 aliphatic carbocycles. The van der Waals surface area contributed by atoms with E-state index in [1.165, 1.54) is 216 Å². The van der Waals surface area contributed by atoms with Gasteiger partial charge in [-0.1, -0.05) is 56.3 Å². The van der Waals surface area contributed by atoms with Gasteiger partial charge in [-0.05, 0) is 16.7 Å². The molecule has 22 aromatic rings. The Bertz CT molecular complexity index is 7570. The second kappa shape index (κ2) is 28.1. The number of para-hydroxylation sites is 3. The predicted octanol–water partition coefficient (Wildman–Crippen LogP) is 29.6. The fourth-order valence-electron chi connectivity index (χ4n) is 18.3. The molecule has 0 bridgehead atoms. The van der Waals surface area contributed by atoms with Crippen LogP contribution in [0.5, 0.6) is 0 Å². The normalized spacial score (nSPS) is 12.3. The second-order valence-electron chi connectivity index (χ2n) is 31.0. The van der Waals surface area contributed by atoms with Gasteiger partial charge in [0.15, 0.2) is 0 Å². The third-order valence-electron chi connectivity index (χ3n) is 24.0. The molecular formula is C111H74N2Se2. The Morgan fingerprint density at radius 1 is 0.183 bits per heavy atom. The van der Waals surface area contributed by atoms with E-state index in [-0.39, 0.29) is 34.4 Å². The van der Waals surface area contributed by atoms with E-state index in [9.17, 15) is 0 Å². The van der Waals surface area contributed by atoms with E-state index in [2.05, 4.69) is 435 Å². The molecule has 0 N–H and O–H groups in total. The summed E-state index contributed by atoms with van der Waals surface area (Å²) in [6, 6.07) is 153. The molecule has 23 rings (SSSR count). The standard InChI is InChI=1S/C57H39NSe.C54H35NSe/c1-57(2)51-20-9-6-15-45(51)46-30-28-43(35-52(46)57)58-53-21-10-7-16-47(53)48-29-27-39(34-54(48)58)41-31-40(38-25-23-37(24-26-38)36-13-4-3-5-14-36)32-42(33-41)44-18-12-19-50-49-17-8-11-22-55(49)59-56(44)50;1-4-13-36(14-5-1)38-23-25-39(26-24-38)42-31-43(41-27-29-48-47-19-10-11-22-51(47)55(52(48)35-41)45-17-8-3-9-18-45)33-44(32-42)46-20-12-21-49-50-34-40(37-15-6-2-7-16-37)28-30-53(50)56-54(46)49/h3-35H,1-2H3;1-35H. The van der Waals surface area contributed by atoms with E-state index >= 15 is 0 Å². The third-order valence-corrected chi connectivity index (χ3v) is 29.1. The maximum absolute atomic E-state index is 2.49. The molecule has 0 unspecified atom stereocenters. The van der Waals surface area contributed by atoms with E-state index in [0.717, 1.165) is 0 Å². The maximum atomic E-state index is 2.49. The summed E-state index contributed by atoms with van der Waals surface area (Å²) >= 11 is 0.432. The van der Waals surface area contributed by atoms with Crippen molar-refractivity contribution in [2.45, 2.75) is 19.3 Å². The van der Waals surface area contributed by atoms with Crippen LogP contribution in [0, 0.1) is 0 Å². The summed E-state index contributed by atoms with van der Waals surface area (Å²) in [6.45, 7) is 4.74. The molecule has 115 heavy (non-hydrogen) atoms. The van der Waals surface area contributed by atoms with E-state index in [1.807, 2.05) is 0 Å². The number of hydrogen-bond acceptors (Lipinski definition) is 0. The summed E-state index contributed by atoms with van der Waals surface area (Å²) < 4.78 is 10.8. The van der Waals surface area contributed by atoms with Crippen LogP contribution >= 0.6 is 0 Å². The van der Waals surface area contributed by atoms with Crippen molar-refractivity contribution in [2.75, 3.05) is 0 Å². The van der Waals surface area contributed by atoms with Gasteiger partial charge in [0.1, 0.15) is 0 Å². The van der Waals surface area contributed by atoms with Crippen LogP contribution in [0.25, 0.3) is 205 Å². The second-order valence-corrected chi connectivity index (χ2v) is 35.4. The van der Waals surface area contributed by atoms with Crippen LogP contribution in [0.2, 0.25) is 0 Å². The minimum atomic E-state index is -0.0811. The number of rotatable bonds is 11. The molecule has 1 aliphatic rings. The number of fused-ring (bicyclic) bond motifs is 15. The van der Waals surface area contributed by atoms with Gasteiger partial charge in [0.2, 0.25) is 0 Å². The molecule has 0 saturated carbocycles. The Morgan fingerprint density at radius 2 is 0.530 bits per heavy atom. The van der Waals surface area contributed by atoms with Gasteiger partial charge in [0, 0.05) is 5.41 Å². The first-order valence-corrected chi connectivity index (χ1v) is 43.1. The van der Waals surface area contributed by atoms with E-state index in [1.54, 1.807) is 0 Å². The molecular weight excluding hydrogens is 1520 g/mol. The summed E-state index contributed by atoms with van der Waals surface area (Å²) in [5, 5.41) is 10.6. The molecule has 4 heteroatoms. The van der Waals surface area contributed by atoms with Crippen molar-refractivity contribution in [1.82, 2.24) is 9.13 Å². The summed E-state index contributed by atoms with van der Waals surface area (Å²) in [4.78, 5) is 0. The predicted molar refractivity (Wildman–Crippen MR) is 492 cm³/mol. The van der Waals surface area contributed by atoms with Crippen molar-refractivity contribution in [3.8, 4) is 123 Å². The van der Waals surface area contributed by atoms with Crippen LogP contribution in [-0.2, 0) is 5.41 Å². The van der Waals surface area contributed by atoms with Crippen molar-refractivity contribution >= 4 is 111 Å². The van der Waals surface area contributed by atoms with E-state index in [0.29, 0.717) is 0 Å². The number of benzene rings is 18. The molecule has 18 aromatic carbocycles. The van der Waals surface area contributed by atoms with Crippen molar-refractivity contribution in [1.29, 1.82) is 0 Å². The van der Waals surface area contributed by atoms with Crippen molar-refractivity contribution in [3.05, 3.63) is 424 Å². The topological polar surface area (TPSA) is 9.86 Å². The van der Waals surface area contributed by atoms with Crippen LogP contribution in [0.15, 0.2) is 413 Å². The summed E-state index contributed by atoms with van der Waals surface area (Å²) in [5.74, 6) is 0. The van der Waals surface area contributed by atoms with Gasteiger partial charge in [-0.2, -0.15) is 0 Å². The van der Waals surface area contributed by atoms with Crippen molar-refractivity contribution < 1.29 is 0 Å². The Labute approximate surface area is 680 Å². The fraction of sp³-hybridized carbons (Fsp3) is 0.0270. The molecule has 0 spiro atoms. The molecule has 0 fully saturated rings. The van der Waals surface area contributed by atoms with Crippen molar-refractivity contribution in [3.63, 3.8) is 0 Å². The van der Waals surface area contributed by atoms with Crippen LogP contribution in [0.3, 0.4) is 0 Å². The van der Waals surface area contributed by atoms with Gasteiger partial charge in [-0.25, -0.2) is 0 Å². The van der Waals surface area contributed by atoms with Crippen LogP contribution in [-0.4, -0.2) is 38.1 Å². The first-order valence-electron chi connectivity index (χ1n) is 39.7. The quantitative estimate of drug-likeness (QED) is 0.114. The first-order chi connectivity index (χ1) is 56.7. The molecule has 4 aromatic heterocycles. The first kappa shape index (κ1) is 68.4. The molecule has 0 atom stereocenters. The SMILES string of the molecule is CC1(C)c2ccccc2-c2ccc(-n3c4ccccc4c4ccc(-c5cc(-c6ccc(-c7ccccc7)cc6)cc(-c6cccc7c6[se]c6ccccc67)c5)cc43)cc21.c1ccc(-c2ccc(-c3cc(-c4ccc5c6ccccc6n(-c6ccccc6)c5c4)cc(-c4cccc5c4[se]c4ccc(-c6ccccc6)cc45)c3)cc2)cc1. The third kappa shape index (κ3) is 11.9. The van der Waals surface area contributed by atoms with Crippen LogP contribution in [0.1, 0.15) is 25.0 Å². The van der Waals surface area contributed by atoms with Gasteiger partial charge in [0.05, 0.1) is 0 Å². The summed E-state index contributed by atoms with van der Waals surface area (Å²) in [5.41, 5.74) is 34.9. The monoisotopic (exact) mass is 1590 g/mol. The minimum absolute atomic E-state index is 0.0811. The Balaban J connectivity index is 0.000000140. The zero-order valence-electron chi connectivity index (χ0n) is 63.5. The number of aromatic nitrogens is 2.